The zero-order valence-electron chi connectivity index (χ0n) is 22.4. The van der Waals surface area contributed by atoms with E-state index in [4.69, 9.17) is 4.74 Å². The van der Waals surface area contributed by atoms with Gasteiger partial charge in [-0.15, -0.1) is 0 Å². The molecule has 4 aromatic rings. The van der Waals surface area contributed by atoms with Gasteiger partial charge in [-0.25, -0.2) is 0 Å². The van der Waals surface area contributed by atoms with Crippen LogP contribution in [-0.4, -0.2) is 57.6 Å². The number of carbonyl (C=O) groups excluding carboxylic acids is 1. The summed E-state index contributed by atoms with van der Waals surface area (Å²) in [6.07, 6.45) is 3.76. The first-order chi connectivity index (χ1) is 19.0. The average Bonchev–Trinajstić information content (AvgIpc) is 3.36. The number of morpholine rings is 1. The predicted octanol–water partition coefficient (Wildman–Crippen LogP) is 4.87. The van der Waals surface area contributed by atoms with Crippen LogP contribution in [0.15, 0.2) is 66.9 Å². The monoisotopic (exact) mass is 525 g/mol. The number of hydrogen-bond acceptors (Lipinski definition) is 6. The molecule has 3 N–H and O–H groups in total. The van der Waals surface area contributed by atoms with Crippen LogP contribution in [0.5, 0.6) is 0 Å². The van der Waals surface area contributed by atoms with E-state index in [1.54, 1.807) is 6.20 Å². The normalized spacial score (nSPS) is 21.7. The van der Waals surface area contributed by atoms with Crippen molar-refractivity contribution in [2.75, 3.05) is 18.1 Å². The standard InChI is InChI=1S/C31H35N5O3/c1-19(2)13-29(28-5-3-4-12-32-28)33-31(38)21-8-11-27-26(14-21)30(35-34-27)20-6-9-22(10-7-20)36-23-15-25(37)16-24(36)18-39-17-23/h3-12,14,19,23-25,29,37H,13,15-18H2,1-2H3,(H,33,38)(H,34,35). The van der Waals surface area contributed by atoms with Crippen LogP contribution in [0.3, 0.4) is 0 Å². The molecule has 3 atom stereocenters. The summed E-state index contributed by atoms with van der Waals surface area (Å²) < 4.78 is 5.76. The number of nitrogens with zero attached hydrogens (tertiary/aromatic N) is 3. The number of hydrogen-bond donors (Lipinski definition) is 3. The van der Waals surface area contributed by atoms with E-state index in [0.29, 0.717) is 24.7 Å². The van der Waals surface area contributed by atoms with E-state index in [9.17, 15) is 9.90 Å². The highest BCUT2D eigenvalue weighted by molar-refractivity contribution is 6.01. The number of rotatable bonds is 7. The van der Waals surface area contributed by atoms with E-state index < -0.39 is 0 Å². The number of H-pyrrole nitrogens is 1. The van der Waals surface area contributed by atoms with Crippen molar-refractivity contribution in [3.05, 3.63) is 78.1 Å². The second-order valence-electron chi connectivity index (χ2n) is 11.2. The topological polar surface area (TPSA) is 103 Å². The van der Waals surface area contributed by atoms with Crippen LogP contribution < -0.4 is 10.2 Å². The van der Waals surface area contributed by atoms with Gasteiger partial charge in [-0.1, -0.05) is 32.0 Å². The quantitative estimate of drug-likeness (QED) is 0.318. The van der Waals surface area contributed by atoms with Gasteiger partial charge in [-0.3, -0.25) is 14.9 Å². The molecule has 1 amide bonds. The van der Waals surface area contributed by atoms with Crippen LogP contribution in [0.1, 0.15) is 55.2 Å². The Morgan fingerprint density at radius 2 is 1.87 bits per heavy atom. The first-order valence-electron chi connectivity index (χ1n) is 13.8. The number of benzene rings is 2. The number of aliphatic hydroxyl groups is 1. The molecule has 2 saturated heterocycles. The van der Waals surface area contributed by atoms with E-state index in [-0.39, 0.29) is 30.1 Å². The van der Waals surface area contributed by atoms with Crippen LogP contribution in [0.2, 0.25) is 0 Å². The van der Waals surface area contributed by atoms with Gasteiger partial charge in [-0.05, 0) is 67.6 Å². The lowest BCUT2D eigenvalue weighted by atomic mass is 9.91. The molecule has 2 aliphatic rings. The molecular formula is C31H35N5O3. The molecule has 3 unspecified atom stereocenters. The molecule has 4 heterocycles. The molecule has 2 fully saturated rings. The molecule has 6 rings (SSSR count). The number of aromatic amines is 1. The number of aromatic nitrogens is 3. The van der Waals surface area contributed by atoms with Crippen LogP contribution in [0.4, 0.5) is 5.69 Å². The van der Waals surface area contributed by atoms with Crippen LogP contribution in [0.25, 0.3) is 22.2 Å². The molecule has 0 aliphatic carbocycles. The Labute approximate surface area is 228 Å². The number of aliphatic hydroxyl groups excluding tert-OH is 1. The SMILES string of the molecule is CC(C)CC(NC(=O)c1ccc2[nH]nc(-c3ccc(N4C5COCC4CC(O)C5)cc3)c2c1)c1ccccn1. The molecule has 2 aliphatic heterocycles. The number of carbonyl (C=O) groups is 1. The predicted molar refractivity (Wildman–Crippen MR) is 152 cm³/mol. The fourth-order valence-corrected chi connectivity index (χ4v) is 6.02. The van der Waals surface area contributed by atoms with Crippen molar-refractivity contribution >= 4 is 22.5 Å². The summed E-state index contributed by atoms with van der Waals surface area (Å²) in [6, 6.07) is 20.1. The van der Waals surface area contributed by atoms with Crippen molar-refractivity contribution in [2.45, 2.75) is 57.3 Å². The first kappa shape index (κ1) is 25.5. The summed E-state index contributed by atoms with van der Waals surface area (Å²) in [7, 11) is 0. The second-order valence-corrected chi connectivity index (χ2v) is 11.2. The van der Waals surface area contributed by atoms with Gasteiger partial charge in [0.05, 0.1) is 54.3 Å². The van der Waals surface area contributed by atoms with Crippen LogP contribution >= 0.6 is 0 Å². The highest BCUT2D eigenvalue weighted by Crippen LogP contribution is 2.35. The number of nitrogens with one attached hydrogen (secondary N) is 2. The Kier molecular flexibility index (Phi) is 7.06. The molecule has 2 bridgehead atoms. The smallest absolute Gasteiger partial charge is 0.251 e. The molecule has 0 radical (unpaired) electrons. The van der Waals surface area contributed by atoms with Crippen molar-refractivity contribution in [3.8, 4) is 11.3 Å². The van der Waals surface area contributed by atoms with Crippen molar-refractivity contribution in [2.24, 2.45) is 5.92 Å². The molecule has 39 heavy (non-hydrogen) atoms. The summed E-state index contributed by atoms with van der Waals surface area (Å²) in [5.41, 5.74) is 5.26. The minimum absolute atomic E-state index is 0.128. The van der Waals surface area contributed by atoms with Crippen molar-refractivity contribution in [1.82, 2.24) is 20.5 Å². The lowest BCUT2D eigenvalue weighted by molar-refractivity contribution is 0.00124. The molecule has 2 aromatic carbocycles. The van der Waals surface area contributed by atoms with Gasteiger partial charge < -0.3 is 20.1 Å². The molecule has 0 spiro atoms. The van der Waals surface area contributed by atoms with Gasteiger partial charge in [0.1, 0.15) is 0 Å². The molecule has 2 aromatic heterocycles. The van der Waals surface area contributed by atoms with Crippen molar-refractivity contribution in [1.29, 1.82) is 0 Å². The van der Waals surface area contributed by atoms with Gasteiger partial charge in [0.15, 0.2) is 0 Å². The van der Waals surface area contributed by atoms with E-state index >= 15 is 0 Å². The summed E-state index contributed by atoms with van der Waals surface area (Å²) >= 11 is 0. The van der Waals surface area contributed by atoms with E-state index in [0.717, 1.165) is 52.8 Å². The van der Waals surface area contributed by atoms with E-state index in [1.807, 2.05) is 36.4 Å². The highest BCUT2D eigenvalue weighted by Gasteiger charge is 2.38. The first-order valence-corrected chi connectivity index (χ1v) is 13.8. The lowest BCUT2D eigenvalue weighted by Gasteiger charge is -2.48. The Morgan fingerprint density at radius 1 is 1.10 bits per heavy atom. The highest BCUT2D eigenvalue weighted by atomic mass is 16.5. The van der Waals surface area contributed by atoms with E-state index in [1.165, 1.54) is 0 Å². The third-order valence-electron chi connectivity index (χ3n) is 7.82. The van der Waals surface area contributed by atoms with Gasteiger partial charge in [0, 0.05) is 28.4 Å². The zero-order chi connectivity index (χ0) is 26.9. The number of amides is 1. The number of piperidine rings is 1. The summed E-state index contributed by atoms with van der Waals surface area (Å²) in [4.78, 5) is 20.2. The molecule has 202 valence electrons. The van der Waals surface area contributed by atoms with Crippen molar-refractivity contribution in [3.63, 3.8) is 0 Å². The van der Waals surface area contributed by atoms with Gasteiger partial charge in [0.25, 0.3) is 5.91 Å². The number of ether oxygens (including phenoxy) is 1. The fraction of sp³-hybridized carbons (Fsp3) is 0.387. The number of fused-ring (bicyclic) bond motifs is 3. The summed E-state index contributed by atoms with van der Waals surface area (Å²) in [5, 5.41) is 22.0. The number of anilines is 1. The maximum atomic E-state index is 13.4. The van der Waals surface area contributed by atoms with Gasteiger partial charge >= 0.3 is 0 Å². The minimum atomic E-state index is -0.258. The fourth-order valence-electron chi connectivity index (χ4n) is 6.02. The third kappa shape index (κ3) is 5.27. The Morgan fingerprint density at radius 3 is 2.56 bits per heavy atom. The largest absolute Gasteiger partial charge is 0.393 e. The molecule has 8 nitrogen and oxygen atoms in total. The molecular weight excluding hydrogens is 490 g/mol. The van der Waals surface area contributed by atoms with E-state index in [2.05, 4.69) is 63.5 Å². The third-order valence-corrected chi connectivity index (χ3v) is 7.82. The Bertz CT molecular complexity index is 1420. The van der Waals surface area contributed by atoms with Crippen LogP contribution in [-0.2, 0) is 4.74 Å². The minimum Gasteiger partial charge on any atom is -0.393 e. The molecule has 0 saturated carbocycles. The maximum absolute atomic E-state index is 13.4. The van der Waals surface area contributed by atoms with Gasteiger partial charge in [0.2, 0.25) is 0 Å². The second kappa shape index (κ2) is 10.8. The lowest BCUT2D eigenvalue weighted by Crippen LogP contribution is -2.58. The Hall–Kier alpha value is -3.75. The average molecular weight is 526 g/mol. The zero-order valence-corrected chi connectivity index (χ0v) is 22.4. The Balaban J connectivity index is 1.24. The summed E-state index contributed by atoms with van der Waals surface area (Å²) in [6.45, 7) is 5.57. The van der Waals surface area contributed by atoms with Crippen LogP contribution in [0, 0.1) is 5.92 Å². The maximum Gasteiger partial charge on any atom is 0.251 e. The summed E-state index contributed by atoms with van der Waals surface area (Å²) in [5.74, 6) is 0.280. The molecule has 8 heteroatoms. The van der Waals surface area contributed by atoms with Crippen molar-refractivity contribution < 1.29 is 14.6 Å². The number of pyridine rings is 1. The van der Waals surface area contributed by atoms with Gasteiger partial charge in [-0.2, -0.15) is 5.10 Å².